The van der Waals surface area contributed by atoms with E-state index in [2.05, 4.69) is 9.46 Å². The van der Waals surface area contributed by atoms with Crippen LogP contribution in [0.3, 0.4) is 0 Å². The quantitative estimate of drug-likeness (QED) is 0.696. The van der Waals surface area contributed by atoms with Gasteiger partial charge in [-0.3, -0.25) is 13.9 Å². The highest BCUT2D eigenvalue weighted by Crippen LogP contribution is 2.21. The number of aromatic nitrogens is 2. The number of benzene rings is 2. The van der Waals surface area contributed by atoms with Gasteiger partial charge in [0.1, 0.15) is 0 Å². The van der Waals surface area contributed by atoms with Gasteiger partial charge in [-0.15, -0.1) is 0 Å². The Morgan fingerprint density at radius 3 is 2.42 bits per heavy atom. The molecule has 0 saturated heterocycles. The second kappa shape index (κ2) is 6.34. The van der Waals surface area contributed by atoms with Crippen molar-refractivity contribution in [2.24, 2.45) is 14.1 Å². The zero-order valence-electron chi connectivity index (χ0n) is 14.4. The number of methoxy groups -OCH3 is 1. The predicted molar refractivity (Wildman–Crippen MR) is 96.8 cm³/mol. The molecule has 0 amide bonds. The van der Waals surface area contributed by atoms with E-state index in [0.29, 0.717) is 11.0 Å². The van der Waals surface area contributed by atoms with E-state index < -0.39 is 16.0 Å². The van der Waals surface area contributed by atoms with Gasteiger partial charge in [0.25, 0.3) is 10.0 Å². The molecule has 0 saturated carbocycles. The Kier molecular flexibility index (Phi) is 4.33. The first kappa shape index (κ1) is 17.7. The lowest BCUT2D eigenvalue weighted by Gasteiger charge is -2.09. The van der Waals surface area contributed by atoms with Gasteiger partial charge in [-0.1, -0.05) is 6.07 Å². The minimum Gasteiger partial charge on any atom is -0.465 e. The van der Waals surface area contributed by atoms with E-state index in [4.69, 9.17) is 0 Å². The molecule has 0 aliphatic carbocycles. The summed E-state index contributed by atoms with van der Waals surface area (Å²) in [5, 5.41) is 0. The molecule has 2 aromatic carbocycles. The summed E-state index contributed by atoms with van der Waals surface area (Å²) in [6.07, 6.45) is 0. The first-order chi connectivity index (χ1) is 12.2. The van der Waals surface area contributed by atoms with Crippen molar-refractivity contribution in [2.75, 3.05) is 11.8 Å². The lowest BCUT2D eigenvalue weighted by molar-refractivity contribution is 0.0601. The Bertz CT molecular complexity index is 1170. The molecule has 0 unspecified atom stereocenters. The van der Waals surface area contributed by atoms with E-state index in [0.717, 1.165) is 0 Å². The molecule has 9 heteroatoms. The first-order valence-corrected chi connectivity index (χ1v) is 9.09. The molecule has 0 fully saturated rings. The Balaban J connectivity index is 2.01. The van der Waals surface area contributed by atoms with Gasteiger partial charge in [-0.2, -0.15) is 0 Å². The van der Waals surface area contributed by atoms with Crippen LogP contribution in [0.2, 0.25) is 0 Å². The van der Waals surface area contributed by atoms with Gasteiger partial charge >= 0.3 is 11.7 Å². The van der Waals surface area contributed by atoms with Crippen LogP contribution in [0.15, 0.2) is 52.2 Å². The van der Waals surface area contributed by atoms with Crippen LogP contribution in [0.1, 0.15) is 10.4 Å². The number of hydrogen-bond acceptors (Lipinski definition) is 5. The lowest BCUT2D eigenvalue weighted by atomic mass is 10.2. The summed E-state index contributed by atoms with van der Waals surface area (Å²) in [5.74, 6) is -0.563. The predicted octanol–water partition coefficient (Wildman–Crippen LogP) is 1.46. The number of anilines is 1. The van der Waals surface area contributed by atoms with Crippen LogP contribution in [-0.2, 0) is 28.9 Å². The highest BCUT2D eigenvalue weighted by atomic mass is 32.2. The number of fused-ring (bicyclic) bond motifs is 1. The number of imidazole rings is 1. The van der Waals surface area contributed by atoms with Gasteiger partial charge in [0.2, 0.25) is 0 Å². The molecule has 3 aromatic rings. The SMILES string of the molecule is COC(=O)c1cccc(NS(=O)(=O)c2ccc3c(c2)n(C)c(=O)n3C)c1. The van der Waals surface area contributed by atoms with E-state index in [-0.39, 0.29) is 21.8 Å². The van der Waals surface area contributed by atoms with E-state index in [1.54, 1.807) is 26.2 Å². The Morgan fingerprint density at radius 1 is 1.04 bits per heavy atom. The van der Waals surface area contributed by atoms with Crippen LogP contribution in [0.5, 0.6) is 0 Å². The number of hydrogen-bond donors (Lipinski definition) is 1. The van der Waals surface area contributed by atoms with Crippen molar-refractivity contribution in [1.29, 1.82) is 0 Å². The van der Waals surface area contributed by atoms with Gasteiger partial charge in [-0.05, 0) is 36.4 Å². The summed E-state index contributed by atoms with van der Waals surface area (Å²) in [6.45, 7) is 0. The van der Waals surface area contributed by atoms with Gasteiger partial charge in [-0.25, -0.2) is 18.0 Å². The van der Waals surface area contributed by atoms with Crippen LogP contribution in [0, 0.1) is 0 Å². The smallest absolute Gasteiger partial charge is 0.337 e. The third-order valence-electron chi connectivity index (χ3n) is 4.09. The molecule has 3 rings (SSSR count). The minimum absolute atomic E-state index is 0.00895. The molecule has 8 nitrogen and oxygen atoms in total. The van der Waals surface area contributed by atoms with Crippen LogP contribution >= 0.6 is 0 Å². The Morgan fingerprint density at radius 2 is 1.73 bits per heavy atom. The summed E-state index contributed by atoms with van der Waals surface area (Å²) in [7, 11) is 0.546. The minimum atomic E-state index is -3.90. The van der Waals surface area contributed by atoms with Gasteiger partial charge < -0.3 is 4.74 Å². The van der Waals surface area contributed by atoms with Crippen molar-refractivity contribution < 1.29 is 17.9 Å². The fraction of sp³-hybridized carbons (Fsp3) is 0.176. The number of esters is 1. The number of nitrogens with one attached hydrogen (secondary N) is 1. The molecular formula is C17H17N3O5S. The largest absolute Gasteiger partial charge is 0.465 e. The van der Waals surface area contributed by atoms with E-state index in [9.17, 15) is 18.0 Å². The normalized spacial score (nSPS) is 11.5. The zero-order valence-corrected chi connectivity index (χ0v) is 15.2. The summed E-state index contributed by atoms with van der Waals surface area (Å²) in [5.41, 5.74) is 1.35. The van der Waals surface area contributed by atoms with Crippen LogP contribution in [0.25, 0.3) is 11.0 Å². The summed E-state index contributed by atoms with van der Waals surface area (Å²) >= 11 is 0. The number of sulfonamides is 1. The second-order valence-electron chi connectivity index (χ2n) is 5.73. The second-order valence-corrected chi connectivity index (χ2v) is 7.41. The van der Waals surface area contributed by atoms with Crippen molar-refractivity contribution in [3.8, 4) is 0 Å². The molecule has 0 spiro atoms. The summed E-state index contributed by atoms with van der Waals surface area (Å²) in [4.78, 5) is 23.6. The monoisotopic (exact) mass is 375 g/mol. The van der Waals surface area contributed by atoms with Gasteiger partial charge in [0.05, 0.1) is 28.6 Å². The molecule has 0 radical (unpaired) electrons. The summed E-state index contributed by atoms with van der Waals surface area (Å²) < 4.78 is 35.2. The number of carbonyl (C=O) groups excluding carboxylic acids is 1. The number of carbonyl (C=O) groups is 1. The van der Waals surface area contributed by atoms with Crippen molar-refractivity contribution in [1.82, 2.24) is 9.13 Å². The number of aryl methyl sites for hydroxylation is 2. The molecule has 1 aromatic heterocycles. The first-order valence-electron chi connectivity index (χ1n) is 7.61. The molecule has 0 atom stereocenters. The topological polar surface area (TPSA) is 99.4 Å². The lowest BCUT2D eigenvalue weighted by Crippen LogP contribution is -2.19. The Labute approximate surface area is 149 Å². The third-order valence-corrected chi connectivity index (χ3v) is 5.47. The highest BCUT2D eigenvalue weighted by molar-refractivity contribution is 7.92. The van der Waals surface area contributed by atoms with E-state index >= 15 is 0 Å². The number of ether oxygens (including phenoxy) is 1. The van der Waals surface area contributed by atoms with Crippen molar-refractivity contribution in [3.05, 3.63) is 58.5 Å². The molecule has 1 N–H and O–H groups in total. The fourth-order valence-electron chi connectivity index (χ4n) is 2.70. The van der Waals surface area contributed by atoms with Crippen LogP contribution in [0.4, 0.5) is 5.69 Å². The average molecular weight is 375 g/mol. The maximum atomic E-state index is 12.7. The van der Waals surface area contributed by atoms with Crippen molar-refractivity contribution >= 4 is 32.7 Å². The standard InChI is InChI=1S/C17H17N3O5S/c1-19-14-8-7-13(10-15(14)20(2)17(19)22)26(23,24)18-12-6-4-5-11(9-12)16(21)25-3/h4-10,18H,1-3H3. The Hall–Kier alpha value is -3.07. The molecule has 1 heterocycles. The number of nitrogens with zero attached hydrogens (tertiary/aromatic N) is 2. The van der Waals surface area contributed by atoms with Crippen molar-refractivity contribution in [2.45, 2.75) is 4.90 Å². The molecule has 136 valence electrons. The van der Waals surface area contributed by atoms with Crippen LogP contribution < -0.4 is 10.4 Å². The zero-order chi connectivity index (χ0) is 19.1. The number of rotatable bonds is 4. The van der Waals surface area contributed by atoms with Gasteiger partial charge in [0.15, 0.2) is 0 Å². The highest BCUT2D eigenvalue weighted by Gasteiger charge is 2.18. The molecule has 0 bridgehead atoms. The fourth-order valence-corrected chi connectivity index (χ4v) is 3.76. The maximum Gasteiger partial charge on any atom is 0.337 e. The third kappa shape index (κ3) is 2.97. The average Bonchev–Trinajstić information content (AvgIpc) is 2.85. The molecular weight excluding hydrogens is 358 g/mol. The summed E-state index contributed by atoms with van der Waals surface area (Å²) in [6, 6.07) is 10.4. The van der Waals surface area contributed by atoms with Gasteiger partial charge in [0, 0.05) is 19.8 Å². The molecule has 26 heavy (non-hydrogen) atoms. The molecule has 0 aliphatic rings. The van der Waals surface area contributed by atoms with Crippen molar-refractivity contribution in [3.63, 3.8) is 0 Å². The van der Waals surface area contributed by atoms with Crippen LogP contribution in [-0.4, -0.2) is 30.6 Å². The van der Waals surface area contributed by atoms with E-state index in [1.165, 1.54) is 46.6 Å². The van der Waals surface area contributed by atoms with E-state index in [1.807, 2.05) is 0 Å². The maximum absolute atomic E-state index is 12.7. The molecule has 0 aliphatic heterocycles.